The highest BCUT2D eigenvalue weighted by atomic mass is 16.2. The van der Waals surface area contributed by atoms with E-state index in [1.165, 1.54) is 34.8 Å². The molecule has 0 saturated carbocycles. The van der Waals surface area contributed by atoms with Crippen molar-refractivity contribution in [2.75, 3.05) is 26.2 Å². The number of nitrogens with one attached hydrogen (secondary N) is 1. The van der Waals surface area contributed by atoms with E-state index in [4.69, 9.17) is 0 Å². The number of carbonyl (C=O) groups is 1. The van der Waals surface area contributed by atoms with E-state index in [9.17, 15) is 14.4 Å². The lowest BCUT2D eigenvalue weighted by molar-refractivity contribution is -0.121. The Morgan fingerprint density at radius 2 is 1.56 bits per heavy atom. The van der Waals surface area contributed by atoms with Gasteiger partial charge < -0.3 is 14.8 Å². The fourth-order valence-electron chi connectivity index (χ4n) is 3.75. The van der Waals surface area contributed by atoms with E-state index in [1.807, 2.05) is 13.0 Å². The van der Waals surface area contributed by atoms with E-state index in [1.54, 1.807) is 18.2 Å². The summed E-state index contributed by atoms with van der Waals surface area (Å²) in [6, 6.07) is 7.20. The number of benzene rings is 1. The van der Waals surface area contributed by atoms with Crippen molar-refractivity contribution in [1.82, 2.24) is 19.4 Å². The number of aryl methyl sites for hydroxylation is 1. The zero-order chi connectivity index (χ0) is 19.2. The average molecular weight is 372 g/mol. The monoisotopic (exact) mass is 372 g/mol. The number of amides is 1. The van der Waals surface area contributed by atoms with Crippen LogP contribution in [-0.4, -0.2) is 46.1 Å². The Bertz CT molecular complexity index is 908. The molecule has 1 saturated heterocycles. The van der Waals surface area contributed by atoms with Crippen LogP contribution in [0.4, 0.5) is 0 Å². The van der Waals surface area contributed by atoms with Gasteiger partial charge in [0.05, 0.1) is 11.0 Å². The van der Waals surface area contributed by atoms with Crippen molar-refractivity contribution < 1.29 is 4.79 Å². The molecule has 1 aliphatic rings. The molecule has 2 aromatic rings. The Morgan fingerprint density at radius 1 is 0.963 bits per heavy atom. The number of aromatic nitrogens is 2. The molecule has 0 spiro atoms. The maximum Gasteiger partial charge on any atom is 0.317 e. The first-order valence-electron chi connectivity index (χ1n) is 9.83. The molecule has 1 aliphatic heterocycles. The predicted octanol–water partition coefficient (Wildman–Crippen LogP) is 1.18. The smallest absolute Gasteiger partial charge is 0.317 e. The van der Waals surface area contributed by atoms with Gasteiger partial charge in [-0.25, -0.2) is 0 Å². The Hall–Kier alpha value is -2.41. The van der Waals surface area contributed by atoms with Gasteiger partial charge in [-0.3, -0.25) is 19.0 Å². The second kappa shape index (κ2) is 8.99. The lowest BCUT2D eigenvalue weighted by Gasteiger charge is -2.20. The van der Waals surface area contributed by atoms with Crippen LogP contribution in [0.3, 0.4) is 0 Å². The van der Waals surface area contributed by atoms with Crippen LogP contribution < -0.4 is 16.4 Å². The minimum absolute atomic E-state index is 0.140. The second-order valence-corrected chi connectivity index (χ2v) is 7.04. The molecule has 2 heterocycles. The lowest BCUT2D eigenvalue weighted by Crippen LogP contribution is -2.44. The summed E-state index contributed by atoms with van der Waals surface area (Å²) in [5, 5.41) is 2.89. The van der Waals surface area contributed by atoms with Crippen LogP contribution in [0.15, 0.2) is 33.9 Å². The molecule has 0 bridgehead atoms. The molecular formula is C20H28N4O3. The number of para-hydroxylation sites is 2. The molecule has 3 rings (SSSR count). The van der Waals surface area contributed by atoms with E-state index < -0.39 is 11.1 Å². The minimum Gasteiger partial charge on any atom is -0.353 e. The third-order valence-electron chi connectivity index (χ3n) is 5.20. The first-order valence-corrected chi connectivity index (χ1v) is 9.83. The van der Waals surface area contributed by atoms with Crippen molar-refractivity contribution in [2.24, 2.45) is 0 Å². The molecule has 1 aromatic carbocycles. The Labute approximate surface area is 158 Å². The number of hydrogen-bond donors (Lipinski definition) is 1. The highest BCUT2D eigenvalue weighted by Gasteiger charge is 2.15. The largest absolute Gasteiger partial charge is 0.353 e. The van der Waals surface area contributed by atoms with Crippen LogP contribution in [0.1, 0.15) is 32.6 Å². The zero-order valence-corrected chi connectivity index (χ0v) is 15.9. The minimum atomic E-state index is -0.654. The van der Waals surface area contributed by atoms with Gasteiger partial charge in [0.25, 0.3) is 0 Å². The van der Waals surface area contributed by atoms with Crippen molar-refractivity contribution in [2.45, 2.75) is 45.7 Å². The van der Waals surface area contributed by atoms with Crippen molar-refractivity contribution in [3.63, 3.8) is 0 Å². The number of nitrogens with zero attached hydrogens (tertiary/aromatic N) is 3. The van der Waals surface area contributed by atoms with Gasteiger partial charge in [0, 0.05) is 19.6 Å². The van der Waals surface area contributed by atoms with Gasteiger partial charge in [-0.15, -0.1) is 0 Å². The first kappa shape index (κ1) is 19.4. The van der Waals surface area contributed by atoms with Crippen LogP contribution >= 0.6 is 0 Å². The van der Waals surface area contributed by atoms with E-state index in [0.717, 1.165) is 19.6 Å². The summed E-state index contributed by atoms with van der Waals surface area (Å²) in [6.45, 7) is 5.63. The number of likely N-dealkylation sites (tertiary alicyclic amines) is 1. The summed E-state index contributed by atoms with van der Waals surface area (Å²) in [7, 11) is 0. The quantitative estimate of drug-likeness (QED) is 0.773. The number of carbonyl (C=O) groups excluding carboxylic acids is 1. The highest BCUT2D eigenvalue weighted by molar-refractivity contribution is 5.80. The molecule has 1 N–H and O–H groups in total. The Kier molecular flexibility index (Phi) is 6.45. The van der Waals surface area contributed by atoms with Gasteiger partial charge >= 0.3 is 11.1 Å². The Morgan fingerprint density at radius 3 is 2.19 bits per heavy atom. The molecule has 0 radical (unpaired) electrons. The fraction of sp³-hybridized carbons (Fsp3) is 0.550. The summed E-state index contributed by atoms with van der Waals surface area (Å²) in [6.07, 6.45) is 4.98. The summed E-state index contributed by atoms with van der Waals surface area (Å²) in [5.74, 6) is -0.245. The summed E-state index contributed by atoms with van der Waals surface area (Å²) in [4.78, 5) is 39.6. The Balaban J connectivity index is 1.71. The summed E-state index contributed by atoms with van der Waals surface area (Å²) >= 11 is 0. The first-order chi connectivity index (χ1) is 13.1. The average Bonchev–Trinajstić information content (AvgIpc) is 2.95. The van der Waals surface area contributed by atoms with Crippen molar-refractivity contribution in [3.8, 4) is 0 Å². The molecule has 27 heavy (non-hydrogen) atoms. The van der Waals surface area contributed by atoms with E-state index in [0.29, 0.717) is 24.1 Å². The van der Waals surface area contributed by atoms with E-state index in [-0.39, 0.29) is 12.5 Å². The van der Waals surface area contributed by atoms with Crippen LogP contribution in [0.5, 0.6) is 0 Å². The van der Waals surface area contributed by atoms with Crippen LogP contribution in [0.25, 0.3) is 11.0 Å². The third kappa shape index (κ3) is 4.47. The number of hydrogen-bond acceptors (Lipinski definition) is 4. The van der Waals surface area contributed by atoms with Gasteiger partial charge in [-0.1, -0.05) is 25.0 Å². The molecular weight excluding hydrogens is 344 g/mol. The number of rotatable bonds is 6. The highest BCUT2D eigenvalue weighted by Crippen LogP contribution is 2.10. The lowest BCUT2D eigenvalue weighted by atomic mass is 10.2. The number of fused-ring (bicyclic) bond motifs is 1. The molecule has 1 fully saturated rings. The standard InChI is InChI=1S/C20H28N4O3/c1-2-23-16-9-5-6-10-17(16)24(20(27)19(23)26)15-18(25)21-11-14-22-12-7-3-4-8-13-22/h5-6,9-10H,2-4,7-8,11-15H2,1H3,(H,21,25). The zero-order valence-electron chi connectivity index (χ0n) is 15.9. The SMILES string of the molecule is CCn1c(=O)c(=O)n(CC(=O)NCCN2CCCCCC2)c2ccccc21. The maximum absolute atomic E-state index is 12.5. The molecule has 1 aromatic heterocycles. The summed E-state index contributed by atoms with van der Waals surface area (Å²) < 4.78 is 2.73. The van der Waals surface area contributed by atoms with Gasteiger partial charge in [-0.05, 0) is 45.0 Å². The van der Waals surface area contributed by atoms with Gasteiger partial charge in [0.15, 0.2) is 0 Å². The van der Waals surface area contributed by atoms with E-state index >= 15 is 0 Å². The van der Waals surface area contributed by atoms with Crippen LogP contribution in [-0.2, 0) is 17.9 Å². The van der Waals surface area contributed by atoms with Crippen molar-refractivity contribution in [3.05, 3.63) is 45.0 Å². The predicted molar refractivity (Wildman–Crippen MR) is 106 cm³/mol. The van der Waals surface area contributed by atoms with E-state index in [2.05, 4.69) is 10.2 Å². The molecule has 0 atom stereocenters. The molecule has 0 aliphatic carbocycles. The van der Waals surface area contributed by atoms with Crippen LogP contribution in [0, 0.1) is 0 Å². The summed E-state index contributed by atoms with van der Waals surface area (Å²) in [5.41, 5.74) is 0.0281. The van der Waals surface area contributed by atoms with Crippen molar-refractivity contribution >= 4 is 16.9 Å². The van der Waals surface area contributed by atoms with Crippen LogP contribution in [0.2, 0.25) is 0 Å². The molecule has 1 amide bonds. The molecule has 146 valence electrons. The molecule has 0 unspecified atom stereocenters. The van der Waals surface area contributed by atoms with Gasteiger partial charge in [0.2, 0.25) is 5.91 Å². The fourth-order valence-corrected chi connectivity index (χ4v) is 3.75. The van der Waals surface area contributed by atoms with Gasteiger partial charge in [-0.2, -0.15) is 0 Å². The third-order valence-corrected chi connectivity index (χ3v) is 5.20. The molecule has 7 nitrogen and oxygen atoms in total. The normalized spacial score (nSPS) is 15.6. The topological polar surface area (TPSA) is 76.3 Å². The van der Waals surface area contributed by atoms with Crippen molar-refractivity contribution in [1.29, 1.82) is 0 Å². The van der Waals surface area contributed by atoms with Gasteiger partial charge in [0.1, 0.15) is 6.54 Å². The second-order valence-electron chi connectivity index (χ2n) is 7.04. The maximum atomic E-state index is 12.5. The molecule has 7 heteroatoms.